The zero-order valence-electron chi connectivity index (χ0n) is 16.5. The van der Waals surface area contributed by atoms with Gasteiger partial charge in [0.15, 0.2) is 5.82 Å². The molecule has 9 heteroatoms. The molecule has 3 aromatic heterocycles. The lowest BCUT2D eigenvalue weighted by Crippen LogP contribution is -2.27. The second-order valence-electron chi connectivity index (χ2n) is 8.04. The third kappa shape index (κ3) is 3.93. The maximum absolute atomic E-state index is 13.4. The maximum atomic E-state index is 13.4. The van der Waals surface area contributed by atoms with Crippen LogP contribution in [0.15, 0.2) is 49.1 Å². The van der Waals surface area contributed by atoms with Crippen LogP contribution in [0.4, 0.5) is 8.78 Å². The van der Waals surface area contributed by atoms with E-state index in [1.165, 1.54) is 6.33 Å². The SMILES string of the molecule is O[C@@H](c1cnc2c(ccn2-c2cc(Cl)cc(-c3ncn[nH]3)c2)c1)C1CCC(F)(F)CC1. The van der Waals surface area contributed by atoms with Crippen molar-refractivity contribution in [1.82, 2.24) is 24.7 Å². The van der Waals surface area contributed by atoms with E-state index in [0.717, 1.165) is 16.6 Å². The van der Waals surface area contributed by atoms with Crippen molar-refractivity contribution in [2.24, 2.45) is 5.92 Å². The van der Waals surface area contributed by atoms with Gasteiger partial charge in [-0.3, -0.25) is 5.10 Å². The summed E-state index contributed by atoms with van der Waals surface area (Å²) in [7, 11) is 0. The van der Waals surface area contributed by atoms with Crippen molar-refractivity contribution < 1.29 is 13.9 Å². The fourth-order valence-electron chi connectivity index (χ4n) is 4.26. The minimum atomic E-state index is -2.61. The molecule has 0 saturated heterocycles. The first kappa shape index (κ1) is 20.1. The second kappa shape index (κ2) is 7.69. The summed E-state index contributed by atoms with van der Waals surface area (Å²) >= 11 is 6.33. The molecule has 1 aliphatic rings. The third-order valence-corrected chi connectivity index (χ3v) is 6.16. The van der Waals surface area contributed by atoms with Crippen molar-refractivity contribution in [3.63, 3.8) is 0 Å². The lowest BCUT2D eigenvalue weighted by molar-refractivity contribution is -0.0627. The smallest absolute Gasteiger partial charge is 0.248 e. The van der Waals surface area contributed by atoms with Gasteiger partial charge in [0.05, 0.1) is 6.10 Å². The topological polar surface area (TPSA) is 79.6 Å². The highest BCUT2D eigenvalue weighted by molar-refractivity contribution is 6.31. The van der Waals surface area contributed by atoms with Gasteiger partial charge in [-0.25, -0.2) is 18.7 Å². The monoisotopic (exact) mass is 443 g/mol. The molecule has 1 aromatic carbocycles. The number of benzene rings is 1. The van der Waals surface area contributed by atoms with E-state index in [-0.39, 0.29) is 18.8 Å². The average Bonchev–Trinajstić information content (AvgIpc) is 3.42. The van der Waals surface area contributed by atoms with Crippen LogP contribution in [-0.4, -0.2) is 35.8 Å². The van der Waals surface area contributed by atoms with Crippen molar-refractivity contribution >= 4 is 22.6 Å². The molecule has 0 radical (unpaired) electrons. The van der Waals surface area contributed by atoms with Crippen LogP contribution in [0.3, 0.4) is 0 Å². The van der Waals surface area contributed by atoms with Gasteiger partial charge in [-0.2, -0.15) is 5.10 Å². The number of H-pyrrole nitrogens is 1. The van der Waals surface area contributed by atoms with Crippen molar-refractivity contribution in [2.75, 3.05) is 0 Å². The van der Waals surface area contributed by atoms with E-state index in [9.17, 15) is 13.9 Å². The first-order valence-electron chi connectivity index (χ1n) is 10.1. The summed E-state index contributed by atoms with van der Waals surface area (Å²) in [6.07, 6.45) is 4.39. The Kier molecular flexibility index (Phi) is 4.98. The van der Waals surface area contributed by atoms with Crippen molar-refractivity contribution in [3.05, 3.63) is 59.6 Å². The van der Waals surface area contributed by atoms with E-state index in [0.29, 0.717) is 34.9 Å². The van der Waals surface area contributed by atoms with Crippen LogP contribution in [0, 0.1) is 5.92 Å². The van der Waals surface area contributed by atoms with E-state index >= 15 is 0 Å². The lowest BCUT2D eigenvalue weighted by Gasteiger charge is -2.31. The van der Waals surface area contributed by atoms with Crippen LogP contribution in [0.1, 0.15) is 37.4 Å². The zero-order chi connectivity index (χ0) is 21.6. The quantitative estimate of drug-likeness (QED) is 0.447. The van der Waals surface area contributed by atoms with E-state index in [1.54, 1.807) is 12.3 Å². The number of rotatable bonds is 4. The lowest BCUT2D eigenvalue weighted by atomic mass is 9.81. The molecule has 6 nitrogen and oxygen atoms in total. The molecule has 1 fully saturated rings. The Bertz CT molecular complexity index is 1210. The van der Waals surface area contributed by atoms with Crippen LogP contribution in [0.25, 0.3) is 28.1 Å². The summed E-state index contributed by atoms with van der Waals surface area (Å²) in [5.41, 5.74) is 2.96. The summed E-state index contributed by atoms with van der Waals surface area (Å²) in [4.78, 5) is 8.73. The zero-order valence-corrected chi connectivity index (χ0v) is 17.2. The number of nitrogens with zero attached hydrogens (tertiary/aromatic N) is 4. The Morgan fingerprint density at radius 3 is 2.71 bits per heavy atom. The molecule has 5 rings (SSSR count). The molecule has 1 atom stereocenters. The normalized spacial score (nSPS) is 17.8. The number of aliphatic hydroxyl groups is 1. The number of aromatic amines is 1. The fraction of sp³-hybridized carbons (Fsp3) is 0.318. The Labute approximate surface area is 181 Å². The number of hydrogen-bond donors (Lipinski definition) is 2. The Morgan fingerprint density at radius 2 is 1.97 bits per heavy atom. The minimum absolute atomic E-state index is 0.178. The number of alkyl halides is 2. The molecule has 1 saturated carbocycles. The summed E-state index contributed by atoms with van der Waals surface area (Å²) in [5.74, 6) is -2.19. The molecule has 1 aliphatic carbocycles. The number of aromatic nitrogens is 5. The molecular weight excluding hydrogens is 424 g/mol. The molecule has 2 N–H and O–H groups in total. The van der Waals surface area contributed by atoms with E-state index in [1.807, 2.05) is 35.0 Å². The molecule has 0 unspecified atom stereocenters. The standard InChI is InChI=1S/C22H20ClF2N5O/c23-17-8-15(20-27-12-28-29-20)9-18(10-17)30-6-3-14-7-16(11-26-21(14)30)19(31)13-1-4-22(24,25)5-2-13/h3,6-13,19,31H,1-2,4-5H2,(H,27,28,29)/t19-/m1/s1. The van der Waals surface area contributed by atoms with Gasteiger partial charge >= 0.3 is 0 Å². The van der Waals surface area contributed by atoms with Gasteiger partial charge in [0, 0.05) is 46.9 Å². The van der Waals surface area contributed by atoms with Crippen LogP contribution >= 0.6 is 11.6 Å². The maximum Gasteiger partial charge on any atom is 0.248 e. The van der Waals surface area contributed by atoms with E-state index in [4.69, 9.17) is 11.6 Å². The number of aliphatic hydroxyl groups excluding tert-OH is 1. The van der Waals surface area contributed by atoms with Crippen molar-refractivity contribution in [3.8, 4) is 17.1 Å². The van der Waals surface area contributed by atoms with E-state index in [2.05, 4.69) is 20.2 Å². The fourth-order valence-corrected chi connectivity index (χ4v) is 4.49. The highest BCUT2D eigenvalue weighted by Gasteiger charge is 2.37. The summed E-state index contributed by atoms with van der Waals surface area (Å²) in [5, 5.41) is 18.9. The van der Waals surface area contributed by atoms with Gasteiger partial charge < -0.3 is 9.67 Å². The van der Waals surface area contributed by atoms with Gasteiger partial charge in [0.1, 0.15) is 12.0 Å². The first-order valence-corrected chi connectivity index (χ1v) is 10.5. The molecule has 3 heterocycles. The summed E-state index contributed by atoms with van der Waals surface area (Å²) < 4.78 is 28.8. The number of hydrogen-bond acceptors (Lipinski definition) is 4. The molecule has 0 spiro atoms. The minimum Gasteiger partial charge on any atom is -0.388 e. The largest absolute Gasteiger partial charge is 0.388 e. The summed E-state index contributed by atoms with van der Waals surface area (Å²) in [6.45, 7) is 0. The number of nitrogens with one attached hydrogen (secondary N) is 1. The Hall–Kier alpha value is -2.84. The average molecular weight is 444 g/mol. The molecule has 0 aliphatic heterocycles. The van der Waals surface area contributed by atoms with Gasteiger partial charge in [0.2, 0.25) is 5.92 Å². The highest BCUT2D eigenvalue weighted by Crippen LogP contribution is 2.41. The van der Waals surface area contributed by atoms with Crippen LogP contribution in [0.5, 0.6) is 0 Å². The van der Waals surface area contributed by atoms with Crippen molar-refractivity contribution in [1.29, 1.82) is 0 Å². The van der Waals surface area contributed by atoms with Gasteiger partial charge in [-0.1, -0.05) is 11.6 Å². The predicted octanol–water partition coefficient (Wildman–Crippen LogP) is 5.32. The number of halogens is 3. The van der Waals surface area contributed by atoms with Crippen molar-refractivity contribution in [2.45, 2.75) is 37.7 Å². The Morgan fingerprint density at radius 1 is 1.16 bits per heavy atom. The number of pyridine rings is 1. The third-order valence-electron chi connectivity index (χ3n) is 5.95. The first-order chi connectivity index (χ1) is 14.9. The van der Waals surface area contributed by atoms with E-state index < -0.39 is 12.0 Å². The highest BCUT2D eigenvalue weighted by atomic mass is 35.5. The predicted molar refractivity (Wildman–Crippen MR) is 113 cm³/mol. The molecule has 0 bridgehead atoms. The Balaban J connectivity index is 1.45. The molecule has 4 aromatic rings. The van der Waals surface area contributed by atoms with Crippen LogP contribution in [-0.2, 0) is 0 Å². The molecule has 31 heavy (non-hydrogen) atoms. The number of fused-ring (bicyclic) bond motifs is 1. The van der Waals surface area contributed by atoms with Crippen LogP contribution < -0.4 is 0 Å². The summed E-state index contributed by atoms with van der Waals surface area (Å²) in [6, 6.07) is 9.33. The molecular formula is C22H20ClF2N5O. The van der Waals surface area contributed by atoms with Gasteiger partial charge in [-0.15, -0.1) is 0 Å². The molecule has 160 valence electrons. The molecule has 0 amide bonds. The van der Waals surface area contributed by atoms with Crippen LogP contribution in [0.2, 0.25) is 5.02 Å². The van der Waals surface area contributed by atoms with Gasteiger partial charge in [0.25, 0.3) is 0 Å². The second-order valence-corrected chi connectivity index (χ2v) is 8.47. The van der Waals surface area contributed by atoms with Gasteiger partial charge in [-0.05, 0) is 54.7 Å².